The number of hydrogen-bond donors (Lipinski definition) is 0. The van der Waals surface area contributed by atoms with Crippen molar-refractivity contribution in [1.82, 2.24) is 15.0 Å². The van der Waals surface area contributed by atoms with Crippen LogP contribution in [-0.4, -0.2) is 28.0 Å². The van der Waals surface area contributed by atoms with Gasteiger partial charge in [-0.3, -0.25) is 4.98 Å². The summed E-state index contributed by atoms with van der Waals surface area (Å²) >= 11 is 0. The van der Waals surface area contributed by atoms with Crippen molar-refractivity contribution in [2.75, 3.05) is 18.0 Å². The molecule has 4 rings (SSSR count). The molecular weight excluding hydrogens is 212 g/mol. The van der Waals surface area contributed by atoms with Gasteiger partial charge in [0.25, 0.3) is 0 Å². The highest BCUT2D eigenvalue weighted by atomic mass is 15.3. The number of anilines is 1. The first-order valence-corrected chi connectivity index (χ1v) is 6.17. The van der Waals surface area contributed by atoms with Crippen LogP contribution < -0.4 is 4.90 Å². The Morgan fingerprint density at radius 2 is 2.06 bits per heavy atom. The molecule has 0 unspecified atom stereocenters. The fourth-order valence-corrected chi connectivity index (χ4v) is 2.91. The minimum atomic E-state index is 0.622. The predicted molar refractivity (Wildman–Crippen MR) is 65.8 cm³/mol. The number of nitrogens with zero attached hydrogens (tertiary/aromatic N) is 4. The topological polar surface area (TPSA) is 41.9 Å². The van der Waals surface area contributed by atoms with Crippen LogP contribution >= 0.6 is 0 Å². The second-order valence-electron chi connectivity index (χ2n) is 5.31. The van der Waals surface area contributed by atoms with E-state index in [-0.39, 0.29) is 0 Å². The van der Waals surface area contributed by atoms with Gasteiger partial charge in [0.15, 0.2) is 0 Å². The van der Waals surface area contributed by atoms with E-state index in [0.29, 0.717) is 5.41 Å². The lowest BCUT2D eigenvalue weighted by molar-refractivity contribution is 0.0889. The molecule has 0 atom stereocenters. The molecule has 2 aliphatic rings. The average Bonchev–Trinajstić information content (AvgIpc) is 2.25. The maximum atomic E-state index is 4.60. The fourth-order valence-electron chi connectivity index (χ4n) is 2.91. The Morgan fingerprint density at radius 3 is 2.82 bits per heavy atom. The first kappa shape index (κ1) is 9.33. The normalized spacial score (nSPS) is 21.3. The molecule has 3 heterocycles. The minimum Gasteiger partial charge on any atom is -0.340 e. The molecule has 1 aliphatic carbocycles. The van der Waals surface area contributed by atoms with Crippen molar-refractivity contribution in [1.29, 1.82) is 0 Å². The molecule has 4 heteroatoms. The van der Waals surface area contributed by atoms with E-state index < -0.39 is 0 Å². The molecule has 1 saturated carbocycles. The van der Waals surface area contributed by atoms with Crippen molar-refractivity contribution in [3.05, 3.63) is 24.7 Å². The molecule has 2 aromatic heterocycles. The van der Waals surface area contributed by atoms with Crippen LogP contribution in [0.15, 0.2) is 24.7 Å². The number of aromatic nitrogens is 3. The summed E-state index contributed by atoms with van der Waals surface area (Å²) in [5.74, 6) is 0.876. The molecule has 0 radical (unpaired) electrons. The molecule has 2 aromatic rings. The first-order valence-electron chi connectivity index (χ1n) is 6.17. The van der Waals surface area contributed by atoms with Gasteiger partial charge in [0.05, 0.1) is 5.52 Å². The zero-order valence-electron chi connectivity index (χ0n) is 9.63. The van der Waals surface area contributed by atoms with Gasteiger partial charge in [0.2, 0.25) is 5.95 Å². The van der Waals surface area contributed by atoms with E-state index in [4.69, 9.17) is 0 Å². The molecule has 86 valence electrons. The van der Waals surface area contributed by atoms with Crippen molar-refractivity contribution in [3.8, 4) is 0 Å². The summed E-state index contributed by atoms with van der Waals surface area (Å²) in [6, 6.07) is 1.94. The highest BCUT2D eigenvalue weighted by Crippen LogP contribution is 2.48. The van der Waals surface area contributed by atoms with E-state index in [1.165, 1.54) is 19.3 Å². The second kappa shape index (κ2) is 3.15. The molecular formula is C13H14N4. The van der Waals surface area contributed by atoms with Crippen LogP contribution in [0.3, 0.4) is 0 Å². The van der Waals surface area contributed by atoms with Crippen LogP contribution in [0, 0.1) is 5.41 Å². The van der Waals surface area contributed by atoms with Crippen molar-refractivity contribution in [3.63, 3.8) is 0 Å². The summed E-state index contributed by atoms with van der Waals surface area (Å²) in [5, 5.41) is 1.01. The van der Waals surface area contributed by atoms with Gasteiger partial charge in [-0.2, -0.15) is 0 Å². The summed E-state index contributed by atoms with van der Waals surface area (Å²) in [7, 11) is 0. The average molecular weight is 226 g/mol. The van der Waals surface area contributed by atoms with Crippen molar-refractivity contribution >= 4 is 16.9 Å². The van der Waals surface area contributed by atoms with Crippen LogP contribution in [0.1, 0.15) is 19.3 Å². The van der Waals surface area contributed by atoms with Gasteiger partial charge >= 0.3 is 0 Å². The molecule has 1 saturated heterocycles. The maximum Gasteiger partial charge on any atom is 0.225 e. The molecule has 2 fully saturated rings. The lowest BCUT2D eigenvalue weighted by atomic mass is 9.64. The summed E-state index contributed by atoms with van der Waals surface area (Å²) in [5.41, 5.74) is 1.61. The lowest BCUT2D eigenvalue weighted by Gasteiger charge is -2.55. The first-order chi connectivity index (χ1) is 8.35. The summed E-state index contributed by atoms with van der Waals surface area (Å²) < 4.78 is 0. The van der Waals surface area contributed by atoms with E-state index in [2.05, 4.69) is 19.9 Å². The zero-order chi connectivity index (χ0) is 11.3. The minimum absolute atomic E-state index is 0.622. The molecule has 17 heavy (non-hydrogen) atoms. The van der Waals surface area contributed by atoms with Crippen molar-refractivity contribution in [2.45, 2.75) is 19.3 Å². The van der Waals surface area contributed by atoms with Gasteiger partial charge in [0.1, 0.15) is 0 Å². The summed E-state index contributed by atoms with van der Waals surface area (Å²) in [6.45, 7) is 2.28. The van der Waals surface area contributed by atoms with E-state index in [1.54, 1.807) is 6.20 Å². The van der Waals surface area contributed by atoms with Gasteiger partial charge in [-0.1, -0.05) is 6.42 Å². The predicted octanol–water partition coefficient (Wildman–Crippen LogP) is 2.02. The zero-order valence-corrected chi connectivity index (χ0v) is 9.63. The van der Waals surface area contributed by atoms with Crippen LogP contribution in [0.5, 0.6) is 0 Å². The third-order valence-corrected chi connectivity index (χ3v) is 4.12. The fraction of sp³-hybridized carbons (Fsp3) is 0.462. The Labute approximate surface area is 99.7 Å². The van der Waals surface area contributed by atoms with Crippen molar-refractivity contribution in [2.24, 2.45) is 5.41 Å². The molecule has 0 aromatic carbocycles. The van der Waals surface area contributed by atoms with E-state index >= 15 is 0 Å². The van der Waals surface area contributed by atoms with Crippen LogP contribution in [0.2, 0.25) is 0 Å². The maximum absolute atomic E-state index is 4.60. The Morgan fingerprint density at radius 1 is 1.18 bits per heavy atom. The van der Waals surface area contributed by atoms with E-state index in [0.717, 1.165) is 29.9 Å². The van der Waals surface area contributed by atoms with Crippen LogP contribution in [0.4, 0.5) is 5.95 Å². The smallest absolute Gasteiger partial charge is 0.225 e. The second-order valence-corrected chi connectivity index (χ2v) is 5.31. The Kier molecular flexibility index (Phi) is 1.73. The largest absolute Gasteiger partial charge is 0.340 e. The lowest BCUT2D eigenvalue weighted by Crippen LogP contribution is -2.60. The van der Waals surface area contributed by atoms with Gasteiger partial charge in [-0.05, 0) is 18.9 Å². The number of fused-ring (bicyclic) bond motifs is 1. The summed E-state index contributed by atoms with van der Waals surface area (Å²) in [6.07, 6.45) is 9.64. The van der Waals surface area contributed by atoms with Gasteiger partial charge in [-0.15, -0.1) is 0 Å². The summed E-state index contributed by atoms with van der Waals surface area (Å²) in [4.78, 5) is 15.4. The molecule has 0 N–H and O–H groups in total. The van der Waals surface area contributed by atoms with E-state index in [1.807, 2.05) is 18.5 Å². The van der Waals surface area contributed by atoms with Crippen molar-refractivity contribution < 1.29 is 0 Å². The quantitative estimate of drug-likeness (QED) is 0.746. The number of hydrogen-bond acceptors (Lipinski definition) is 4. The Bertz CT molecular complexity index is 568. The number of pyridine rings is 1. The number of rotatable bonds is 1. The molecule has 1 spiro atoms. The monoisotopic (exact) mass is 226 g/mol. The Balaban J connectivity index is 1.64. The third-order valence-electron chi connectivity index (χ3n) is 4.12. The SMILES string of the molecule is c1cc2nc(N3CC4(CCC4)C3)ncc2cn1. The molecule has 0 bridgehead atoms. The van der Waals surface area contributed by atoms with Gasteiger partial charge in [0, 0.05) is 42.5 Å². The van der Waals surface area contributed by atoms with Crippen LogP contribution in [0.25, 0.3) is 10.9 Å². The highest BCUT2D eigenvalue weighted by molar-refractivity contribution is 5.77. The molecule has 0 amide bonds. The van der Waals surface area contributed by atoms with Gasteiger partial charge < -0.3 is 4.90 Å². The third kappa shape index (κ3) is 1.33. The van der Waals surface area contributed by atoms with Gasteiger partial charge in [-0.25, -0.2) is 9.97 Å². The molecule has 4 nitrogen and oxygen atoms in total. The molecule has 1 aliphatic heterocycles. The van der Waals surface area contributed by atoms with E-state index in [9.17, 15) is 0 Å². The van der Waals surface area contributed by atoms with Crippen LogP contribution in [-0.2, 0) is 0 Å². The standard InChI is InChI=1S/C13H14N4/c1-3-13(4-1)8-17(9-13)12-15-7-10-6-14-5-2-11(10)16-12/h2,5-7H,1,3-4,8-9H2. The highest BCUT2D eigenvalue weighted by Gasteiger charge is 2.48. The Hall–Kier alpha value is -1.71.